The molecule has 1 atom stereocenters. The molecule has 0 aliphatic rings. The molecule has 0 saturated carbocycles. The summed E-state index contributed by atoms with van der Waals surface area (Å²) in [5.41, 5.74) is -0.524. The lowest BCUT2D eigenvalue weighted by atomic mass is 9.83. The molecule has 0 aliphatic carbocycles. The minimum Gasteiger partial charge on any atom is -0.390 e. The van der Waals surface area contributed by atoms with Gasteiger partial charge in [-0.25, -0.2) is 9.97 Å². The van der Waals surface area contributed by atoms with Crippen molar-refractivity contribution in [1.29, 1.82) is 0 Å². The second-order valence-electron chi connectivity index (χ2n) is 6.58. The first-order chi connectivity index (χ1) is 14.4. The van der Waals surface area contributed by atoms with Gasteiger partial charge >= 0.3 is 11.5 Å². The number of nitrogens with zero attached hydrogens (tertiary/aromatic N) is 4. The predicted molar refractivity (Wildman–Crippen MR) is 110 cm³/mol. The summed E-state index contributed by atoms with van der Waals surface area (Å²) in [7, 11) is 0. The van der Waals surface area contributed by atoms with E-state index in [9.17, 15) is 20.2 Å². The zero-order chi connectivity index (χ0) is 21.3. The summed E-state index contributed by atoms with van der Waals surface area (Å²) in [6.07, 6.45) is -0.0127. The molecule has 0 bridgehead atoms. The van der Waals surface area contributed by atoms with Crippen molar-refractivity contribution >= 4 is 29.3 Å². The van der Waals surface area contributed by atoms with Gasteiger partial charge in [-0.3, -0.25) is 10.1 Å². The van der Waals surface area contributed by atoms with Crippen LogP contribution in [0, 0.1) is 24.9 Å². The number of aromatic amines is 2. The van der Waals surface area contributed by atoms with Gasteiger partial charge in [-0.05, 0) is 15.5 Å². The van der Waals surface area contributed by atoms with Gasteiger partial charge in [-0.2, -0.15) is 0 Å². The lowest BCUT2D eigenvalue weighted by molar-refractivity contribution is -0.567. The van der Waals surface area contributed by atoms with Crippen molar-refractivity contribution in [3.63, 3.8) is 0 Å². The maximum Gasteiger partial charge on any atom is 0.434 e. The van der Waals surface area contributed by atoms with E-state index in [2.05, 4.69) is 19.9 Å². The Balaban J connectivity index is 2.01. The Kier molecular flexibility index (Phi) is 4.80. The van der Waals surface area contributed by atoms with Crippen molar-refractivity contribution in [1.82, 2.24) is 19.9 Å². The summed E-state index contributed by atoms with van der Waals surface area (Å²) < 4.78 is -0.0467. The van der Waals surface area contributed by atoms with Crippen molar-refractivity contribution in [2.24, 2.45) is 0 Å². The summed E-state index contributed by atoms with van der Waals surface area (Å²) in [4.78, 5) is 35.9. The maximum atomic E-state index is 12.6. The zero-order valence-electron chi connectivity index (χ0n) is 15.3. The molecule has 0 radical (unpaired) electrons. The molecular formula is C19H14N6O4S. The van der Waals surface area contributed by atoms with Crippen molar-refractivity contribution in [2.45, 2.75) is 12.0 Å². The lowest BCUT2D eigenvalue weighted by Crippen LogP contribution is -2.41. The summed E-state index contributed by atoms with van der Waals surface area (Å²) in [5, 5.41) is 23.6. The highest BCUT2D eigenvalue weighted by Crippen LogP contribution is 2.35. The molecule has 2 heterocycles. The Hall–Kier alpha value is -3.99. The van der Waals surface area contributed by atoms with Crippen LogP contribution in [0.15, 0.2) is 60.7 Å². The van der Waals surface area contributed by atoms with E-state index in [1.807, 2.05) is 6.07 Å². The Labute approximate surface area is 173 Å². The van der Waals surface area contributed by atoms with Gasteiger partial charge in [-0.1, -0.05) is 72.9 Å². The van der Waals surface area contributed by atoms with E-state index in [1.54, 1.807) is 54.6 Å². The van der Waals surface area contributed by atoms with Gasteiger partial charge in [0.1, 0.15) is 0 Å². The van der Waals surface area contributed by atoms with Crippen LogP contribution in [-0.2, 0) is 12.0 Å². The fraction of sp³-hybridized carbons (Fsp3) is 0.105. The van der Waals surface area contributed by atoms with Crippen molar-refractivity contribution < 1.29 is 9.85 Å². The van der Waals surface area contributed by atoms with Gasteiger partial charge in [-0.15, -0.1) is 0 Å². The highest BCUT2D eigenvalue weighted by Gasteiger charge is 2.50. The lowest BCUT2D eigenvalue weighted by Gasteiger charge is -2.25. The van der Waals surface area contributed by atoms with E-state index in [0.717, 1.165) is 0 Å². The van der Waals surface area contributed by atoms with E-state index in [0.29, 0.717) is 11.1 Å². The van der Waals surface area contributed by atoms with Gasteiger partial charge in [0.25, 0.3) is 5.65 Å². The molecule has 0 fully saturated rings. The van der Waals surface area contributed by atoms with Crippen LogP contribution in [0.2, 0.25) is 0 Å². The first-order valence-electron chi connectivity index (χ1n) is 8.80. The Morgan fingerprint density at radius 3 is 2.17 bits per heavy atom. The molecule has 150 valence electrons. The van der Waals surface area contributed by atoms with Crippen LogP contribution in [0.4, 0.5) is 5.95 Å². The van der Waals surface area contributed by atoms with E-state index in [1.165, 1.54) is 0 Å². The number of fused-ring (bicyclic) bond motifs is 1. The summed E-state index contributed by atoms with van der Waals surface area (Å²) >= 11 is 5.26. The average Bonchev–Trinajstić information content (AvgIpc) is 3.18. The van der Waals surface area contributed by atoms with Crippen LogP contribution in [0.3, 0.4) is 0 Å². The predicted octanol–water partition coefficient (Wildman–Crippen LogP) is 3.69. The number of rotatable bonds is 6. The van der Waals surface area contributed by atoms with Crippen LogP contribution in [0.1, 0.15) is 17.0 Å². The number of nitro groups is 2. The SMILES string of the molecule is O=[N+]([O-])c1nc2[nH]c(C(Cc3ccccc3)(c3ccccc3)[N+](=O)[O-])nc(=S)c2[nH]1. The fourth-order valence-electron chi connectivity index (χ4n) is 3.37. The molecule has 30 heavy (non-hydrogen) atoms. The number of hydrogen-bond acceptors (Lipinski definition) is 7. The number of hydrogen-bond donors (Lipinski definition) is 2. The molecule has 2 N–H and O–H groups in total. The molecule has 4 aromatic rings. The quantitative estimate of drug-likeness (QED) is 0.274. The van der Waals surface area contributed by atoms with Gasteiger partial charge < -0.3 is 15.1 Å². The Morgan fingerprint density at radius 1 is 0.933 bits per heavy atom. The second kappa shape index (κ2) is 7.44. The Morgan fingerprint density at radius 2 is 1.57 bits per heavy atom. The number of imidazole rings is 1. The smallest absolute Gasteiger partial charge is 0.390 e. The summed E-state index contributed by atoms with van der Waals surface area (Å²) in [6, 6.07) is 17.4. The molecule has 11 heteroatoms. The first kappa shape index (κ1) is 19.3. The van der Waals surface area contributed by atoms with Crippen LogP contribution in [-0.4, -0.2) is 29.8 Å². The van der Waals surface area contributed by atoms with Crippen molar-refractivity contribution in [3.8, 4) is 0 Å². The molecule has 0 amide bonds. The normalized spacial score (nSPS) is 13.1. The molecule has 2 aromatic carbocycles. The third kappa shape index (κ3) is 3.20. The number of benzene rings is 2. The number of aromatic nitrogens is 4. The van der Waals surface area contributed by atoms with Crippen LogP contribution >= 0.6 is 12.2 Å². The topological polar surface area (TPSA) is 144 Å². The molecule has 10 nitrogen and oxygen atoms in total. The highest BCUT2D eigenvalue weighted by atomic mass is 32.1. The maximum absolute atomic E-state index is 12.6. The molecule has 0 spiro atoms. The highest BCUT2D eigenvalue weighted by molar-refractivity contribution is 7.71. The molecule has 0 aliphatic heterocycles. The standard InChI is InChI=1S/C19H14N6O4S/c26-24(27)18-20-14-15(22-18)21-17(23-16(14)30)19(25(28)29,13-9-5-2-6-10-13)11-12-7-3-1-4-8-12/h1-10H,11H2,(H2,20,21,22,23,30). The van der Waals surface area contributed by atoms with Crippen LogP contribution < -0.4 is 0 Å². The molecule has 0 saturated heterocycles. The van der Waals surface area contributed by atoms with Gasteiger partial charge in [0.15, 0.2) is 16.0 Å². The second-order valence-corrected chi connectivity index (χ2v) is 6.96. The molecular weight excluding hydrogens is 408 g/mol. The minimum atomic E-state index is -1.81. The summed E-state index contributed by atoms with van der Waals surface area (Å²) in [5.74, 6) is -0.581. The average molecular weight is 422 g/mol. The molecule has 2 aromatic heterocycles. The zero-order valence-corrected chi connectivity index (χ0v) is 16.1. The van der Waals surface area contributed by atoms with Crippen LogP contribution in [0.25, 0.3) is 11.2 Å². The third-order valence-electron chi connectivity index (χ3n) is 4.79. The molecule has 1 unspecified atom stereocenters. The van der Waals surface area contributed by atoms with E-state index in [-0.39, 0.29) is 28.0 Å². The third-order valence-corrected chi connectivity index (χ3v) is 5.08. The van der Waals surface area contributed by atoms with E-state index >= 15 is 0 Å². The largest absolute Gasteiger partial charge is 0.434 e. The van der Waals surface area contributed by atoms with Gasteiger partial charge in [0.2, 0.25) is 0 Å². The number of H-pyrrole nitrogens is 2. The summed E-state index contributed by atoms with van der Waals surface area (Å²) in [6.45, 7) is 0. The van der Waals surface area contributed by atoms with Gasteiger partial charge in [0.05, 0.1) is 6.42 Å². The molecule has 4 rings (SSSR count). The Bertz CT molecular complexity index is 1310. The fourth-order valence-corrected chi connectivity index (χ4v) is 3.61. The monoisotopic (exact) mass is 422 g/mol. The van der Waals surface area contributed by atoms with Crippen molar-refractivity contribution in [3.05, 3.63) is 102 Å². The minimum absolute atomic E-state index is 0.0127. The van der Waals surface area contributed by atoms with Crippen molar-refractivity contribution in [2.75, 3.05) is 0 Å². The van der Waals surface area contributed by atoms with E-state index in [4.69, 9.17) is 12.2 Å². The van der Waals surface area contributed by atoms with Crippen LogP contribution in [0.5, 0.6) is 0 Å². The van der Waals surface area contributed by atoms with Gasteiger partial charge in [0, 0.05) is 10.5 Å². The van der Waals surface area contributed by atoms with E-state index < -0.39 is 21.3 Å². The number of nitrogens with one attached hydrogen (secondary N) is 2. The first-order valence-corrected chi connectivity index (χ1v) is 9.21.